The predicted octanol–water partition coefficient (Wildman–Crippen LogP) is 4.63. The van der Waals surface area contributed by atoms with E-state index in [-0.39, 0.29) is 23.8 Å². The summed E-state index contributed by atoms with van der Waals surface area (Å²) in [6, 6.07) is 8.77. The van der Waals surface area contributed by atoms with Gasteiger partial charge in [-0.25, -0.2) is 13.8 Å². The Morgan fingerprint density at radius 1 is 1.23 bits per heavy atom. The second kappa shape index (κ2) is 9.98. The molecule has 0 unspecified atom stereocenters. The number of nitrogens with zero attached hydrogens (tertiary/aromatic N) is 3. The van der Waals surface area contributed by atoms with Gasteiger partial charge >= 0.3 is 0 Å². The normalized spacial score (nSPS) is 14.5. The minimum atomic E-state index is -0.749. The standard InChI is InChI=1S/C20H18ClF2N3O2S.ClH/c21-15-4-2-1-3-14(15)19(27)26(6-5-25-7-9-28-10-8-25)20-24-18-16(23)11-13(22)12-17(18)29-20;/h1-4,11-12H,5-10H2;1H. The van der Waals surface area contributed by atoms with Crippen molar-refractivity contribution in [1.29, 1.82) is 0 Å². The van der Waals surface area contributed by atoms with Crippen LogP contribution in [0.1, 0.15) is 10.4 Å². The van der Waals surface area contributed by atoms with Gasteiger partial charge in [-0.05, 0) is 18.2 Å². The molecule has 1 aliphatic rings. The first-order valence-electron chi connectivity index (χ1n) is 9.15. The van der Waals surface area contributed by atoms with E-state index in [1.54, 1.807) is 24.3 Å². The Bertz CT molecular complexity index is 1040. The van der Waals surface area contributed by atoms with Gasteiger partial charge in [0, 0.05) is 32.2 Å². The van der Waals surface area contributed by atoms with Crippen LogP contribution in [0.3, 0.4) is 0 Å². The maximum atomic E-state index is 14.1. The highest BCUT2D eigenvalue weighted by molar-refractivity contribution is 7.22. The lowest BCUT2D eigenvalue weighted by Gasteiger charge is -2.29. The van der Waals surface area contributed by atoms with Gasteiger partial charge in [0.05, 0.1) is 28.5 Å². The molecule has 1 saturated heterocycles. The van der Waals surface area contributed by atoms with Crippen molar-refractivity contribution in [3.05, 3.63) is 58.6 Å². The number of carbonyl (C=O) groups is 1. The maximum Gasteiger partial charge on any atom is 0.261 e. The number of fused-ring (bicyclic) bond motifs is 1. The average Bonchev–Trinajstić information content (AvgIpc) is 3.13. The van der Waals surface area contributed by atoms with Gasteiger partial charge in [-0.1, -0.05) is 35.1 Å². The number of hydrogen-bond acceptors (Lipinski definition) is 5. The lowest BCUT2D eigenvalue weighted by atomic mass is 10.2. The molecule has 5 nitrogen and oxygen atoms in total. The number of morpholine rings is 1. The molecule has 0 bridgehead atoms. The van der Waals surface area contributed by atoms with Gasteiger partial charge in [-0.15, -0.1) is 12.4 Å². The zero-order valence-corrected chi connectivity index (χ0v) is 18.2. The zero-order chi connectivity index (χ0) is 20.4. The average molecular weight is 474 g/mol. The molecule has 0 radical (unpaired) electrons. The third-order valence-corrected chi connectivity index (χ3v) is 6.08. The van der Waals surface area contributed by atoms with E-state index in [1.807, 2.05) is 0 Å². The van der Waals surface area contributed by atoms with Gasteiger partial charge in [-0.3, -0.25) is 14.6 Å². The van der Waals surface area contributed by atoms with E-state index in [1.165, 1.54) is 11.0 Å². The summed E-state index contributed by atoms with van der Waals surface area (Å²) in [5.41, 5.74) is 0.386. The van der Waals surface area contributed by atoms with Crippen LogP contribution in [0.15, 0.2) is 36.4 Å². The lowest BCUT2D eigenvalue weighted by molar-refractivity contribution is 0.0391. The van der Waals surface area contributed by atoms with Crippen molar-refractivity contribution >= 4 is 56.6 Å². The first-order chi connectivity index (χ1) is 14.0. The first-order valence-corrected chi connectivity index (χ1v) is 10.3. The van der Waals surface area contributed by atoms with E-state index < -0.39 is 11.6 Å². The molecule has 0 saturated carbocycles. The number of rotatable bonds is 5. The Labute approximate surface area is 187 Å². The van der Waals surface area contributed by atoms with E-state index in [0.29, 0.717) is 46.7 Å². The van der Waals surface area contributed by atoms with Crippen LogP contribution < -0.4 is 4.90 Å². The van der Waals surface area contributed by atoms with Crippen LogP contribution >= 0.6 is 35.3 Å². The van der Waals surface area contributed by atoms with Crippen LogP contribution in [0.2, 0.25) is 5.02 Å². The van der Waals surface area contributed by atoms with Crippen molar-refractivity contribution in [2.24, 2.45) is 0 Å². The molecule has 0 atom stereocenters. The lowest BCUT2D eigenvalue weighted by Crippen LogP contribution is -2.43. The molecule has 160 valence electrons. The molecule has 0 spiro atoms. The summed E-state index contributed by atoms with van der Waals surface area (Å²) in [7, 11) is 0. The number of thiazole rings is 1. The van der Waals surface area contributed by atoms with Crippen LogP contribution in [-0.4, -0.2) is 55.2 Å². The molecular formula is C20H19Cl2F2N3O2S. The number of aromatic nitrogens is 1. The number of halogens is 4. The Hall–Kier alpha value is -1.84. The van der Waals surface area contributed by atoms with Crippen molar-refractivity contribution in [3.8, 4) is 0 Å². The molecule has 0 aliphatic carbocycles. The van der Waals surface area contributed by atoms with Gasteiger partial charge in [0.2, 0.25) is 0 Å². The van der Waals surface area contributed by atoms with Gasteiger partial charge < -0.3 is 4.74 Å². The second-order valence-electron chi connectivity index (χ2n) is 6.62. The Morgan fingerprint density at radius 2 is 1.97 bits per heavy atom. The molecule has 30 heavy (non-hydrogen) atoms. The molecule has 1 aromatic heterocycles. The Morgan fingerprint density at radius 3 is 2.70 bits per heavy atom. The Balaban J connectivity index is 0.00000256. The summed E-state index contributed by atoms with van der Waals surface area (Å²) in [6.07, 6.45) is 0. The molecule has 1 aliphatic heterocycles. The molecule has 10 heteroatoms. The minimum Gasteiger partial charge on any atom is -0.379 e. The van der Waals surface area contributed by atoms with Gasteiger partial charge in [-0.2, -0.15) is 0 Å². The fraction of sp³-hybridized carbons (Fsp3) is 0.300. The summed E-state index contributed by atoms with van der Waals surface area (Å²) in [6.45, 7) is 3.77. The van der Waals surface area contributed by atoms with Crippen LogP contribution in [0, 0.1) is 11.6 Å². The molecule has 2 heterocycles. The molecule has 1 fully saturated rings. The van der Waals surface area contributed by atoms with Crippen LogP contribution in [0.5, 0.6) is 0 Å². The molecule has 3 aromatic rings. The van der Waals surface area contributed by atoms with Crippen LogP contribution in [0.4, 0.5) is 13.9 Å². The third kappa shape index (κ3) is 4.90. The maximum absolute atomic E-state index is 14.1. The number of carbonyl (C=O) groups excluding carboxylic acids is 1. The van der Waals surface area contributed by atoms with E-state index in [4.69, 9.17) is 16.3 Å². The van der Waals surface area contributed by atoms with Crippen molar-refractivity contribution < 1.29 is 18.3 Å². The largest absolute Gasteiger partial charge is 0.379 e. The quantitative estimate of drug-likeness (QED) is 0.541. The van der Waals surface area contributed by atoms with Crippen LogP contribution in [-0.2, 0) is 4.74 Å². The molecule has 1 amide bonds. The van der Waals surface area contributed by atoms with E-state index in [2.05, 4.69) is 9.88 Å². The smallest absolute Gasteiger partial charge is 0.261 e. The monoisotopic (exact) mass is 473 g/mol. The summed E-state index contributed by atoms with van der Waals surface area (Å²) in [5, 5.41) is 0.634. The molecule has 2 aromatic carbocycles. The van der Waals surface area contributed by atoms with E-state index in [0.717, 1.165) is 30.5 Å². The summed E-state index contributed by atoms with van der Waals surface area (Å²) in [4.78, 5) is 21.2. The molecule has 0 N–H and O–H groups in total. The first kappa shape index (κ1) is 22.8. The zero-order valence-electron chi connectivity index (χ0n) is 15.8. The van der Waals surface area contributed by atoms with Crippen molar-refractivity contribution in [2.75, 3.05) is 44.3 Å². The molecular weight excluding hydrogens is 455 g/mol. The fourth-order valence-corrected chi connectivity index (χ4v) is 4.44. The summed E-state index contributed by atoms with van der Waals surface area (Å²) in [5.74, 6) is -1.76. The van der Waals surface area contributed by atoms with Crippen LogP contribution in [0.25, 0.3) is 10.2 Å². The van der Waals surface area contributed by atoms with Crippen molar-refractivity contribution in [1.82, 2.24) is 9.88 Å². The number of ether oxygens (including phenoxy) is 1. The highest BCUT2D eigenvalue weighted by atomic mass is 35.5. The fourth-order valence-electron chi connectivity index (χ4n) is 3.19. The number of benzene rings is 2. The number of hydrogen-bond donors (Lipinski definition) is 0. The number of anilines is 1. The van der Waals surface area contributed by atoms with E-state index >= 15 is 0 Å². The Kier molecular flexibility index (Phi) is 7.60. The van der Waals surface area contributed by atoms with Gasteiger partial charge in [0.25, 0.3) is 5.91 Å². The summed E-state index contributed by atoms with van der Waals surface area (Å²) < 4.78 is 33.5. The minimum absolute atomic E-state index is 0. The third-order valence-electron chi connectivity index (χ3n) is 4.73. The number of amides is 1. The SMILES string of the molecule is Cl.O=C(c1ccccc1Cl)N(CCN1CCOCC1)c1nc2c(F)cc(F)cc2s1. The predicted molar refractivity (Wildman–Crippen MR) is 117 cm³/mol. The molecule has 4 rings (SSSR count). The summed E-state index contributed by atoms with van der Waals surface area (Å²) >= 11 is 7.30. The highest BCUT2D eigenvalue weighted by Crippen LogP contribution is 2.32. The van der Waals surface area contributed by atoms with Crippen molar-refractivity contribution in [2.45, 2.75) is 0 Å². The topological polar surface area (TPSA) is 45.7 Å². The van der Waals surface area contributed by atoms with Gasteiger partial charge in [0.1, 0.15) is 11.3 Å². The van der Waals surface area contributed by atoms with E-state index in [9.17, 15) is 13.6 Å². The van der Waals surface area contributed by atoms with Gasteiger partial charge in [0.15, 0.2) is 10.9 Å². The van der Waals surface area contributed by atoms with Crippen molar-refractivity contribution in [3.63, 3.8) is 0 Å². The highest BCUT2D eigenvalue weighted by Gasteiger charge is 2.25. The second-order valence-corrected chi connectivity index (χ2v) is 8.04.